The number of hydrogen-bond acceptors (Lipinski definition) is 2. The summed E-state index contributed by atoms with van der Waals surface area (Å²) in [4.78, 5) is 11.6. The van der Waals surface area contributed by atoms with E-state index in [-0.39, 0.29) is 0 Å². The first kappa shape index (κ1) is 15.4. The highest BCUT2D eigenvalue weighted by Gasteiger charge is 2.21. The molecule has 1 unspecified atom stereocenters. The predicted molar refractivity (Wildman–Crippen MR) is 83.3 cm³/mol. The molecule has 0 amide bonds. The van der Waals surface area contributed by atoms with E-state index in [0.29, 0.717) is 17.0 Å². The summed E-state index contributed by atoms with van der Waals surface area (Å²) in [5.41, 5.74) is 2.60. The average Bonchev–Trinajstić information content (AvgIpc) is 2.48. The number of carboxylic acid groups (broad SMARTS) is 1. The fourth-order valence-corrected chi connectivity index (χ4v) is 2.36. The van der Waals surface area contributed by atoms with Crippen molar-refractivity contribution in [2.45, 2.75) is 19.3 Å². The number of benzene rings is 2. The summed E-state index contributed by atoms with van der Waals surface area (Å²) in [5.74, 6) is -0.716. The van der Waals surface area contributed by atoms with E-state index in [2.05, 4.69) is 0 Å². The van der Waals surface area contributed by atoms with Crippen LogP contribution in [0.15, 0.2) is 42.5 Å². The lowest BCUT2D eigenvalue weighted by Crippen LogP contribution is -2.14. The molecule has 0 aliphatic rings. The Morgan fingerprint density at radius 3 is 2.43 bits per heavy atom. The first-order valence-electron chi connectivity index (χ1n) is 6.63. The van der Waals surface area contributed by atoms with Crippen LogP contribution < -0.4 is 4.74 Å². The third-order valence-electron chi connectivity index (χ3n) is 3.50. The third-order valence-corrected chi connectivity index (χ3v) is 3.90. The molecule has 0 aromatic heterocycles. The fourth-order valence-electron chi connectivity index (χ4n) is 2.17. The van der Waals surface area contributed by atoms with E-state index in [1.54, 1.807) is 13.2 Å². The Morgan fingerprint density at radius 2 is 1.90 bits per heavy atom. The van der Waals surface area contributed by atoms with E-state index in [4.69, 9.17) is 16.3 Å². The number of halogens is 1. The van der Waals surface area contributed by atoms with Gasteiger partial charge in [-0.1, -0.05) is 35.9 Å². The van der Waals surface area contributed by atoms with Crippen LogP contribution >= 0.6 is 11.6 Å². The third kappa shape index (κ3) is 3.76. The number of aryl methyl sites for hydroxylation is 1. The zero-order valence-electron chi connectivity index (χ0n) is 12.0. The molecule has 0 spiro atoms. The number of carbonyl (C=O) groups is 1. The van der Waals surface area contributed by atoms with Crippen molar-refractivity contribution >= 4 is 17.6 Å². The van der Waals surface area contributed by atoms with Crippen molar-refractivity contribution in [1.82, 2.24) is 0 Å². The van der Waals surface area contributed by atoms with Crippen LogP contribution in [0.2, 0.25) is 5.02 Å². The number of rotatable bonds is 5. The zero-order chi connectivity index (χ0) is 15.4. The normalized spacial score (nSPS) is 12.0. The Kier molecular flexibility index (Phi) is 4.86. The minimum absolute atomic E-state index is 0.415. The molecule has 2 aromatic rings. The van der Waals surface area contributed by atoms with Gasteiger partial charge < -0.3 is 9.84 Å². The van der Waals surface area contributed by atoms with Gasteiger partial charge in [-0.2, -0.15) is 0 Å². The molecule has 0 aliphatic carbocycles. The van der Waals surface area contributed by atoms with Gasteiger partial charge in [0.2, 0.25) is 0 Å². The summed E-state index contributed by atoms with van der Waals surface area (Å²) in [6.45, 7) is 1.89. The minimum atomic E-state index is -0.856. The van der Waals surface area contributed by atoms with Gasteiger partial charge in [-0.25, -0.2) is 0 Å². The quantitative estimate of drug-likeness (QED) is 0.906. The molecule has 0 fully saturated rings. The summed E-state index contributed by atoms with van der Waals surface area (Å²) >= 11 is 6.10. The molecule has 3 nitrogen and oxygen atoms in total. The van der Waals surface area contributed by atoms with Crippen LogP contribution in [0.3, 0.4) is 0 Å². The molecule has 0 radical (unpaired) electrons. The second kappa shape index (κ2) is 6.64. The van der Waals surface area contributed by atoms with Gasteiger partial charge in [-0.3, -0.25) is 4.79 Å². The van der Waals surface area contributed by atoms with Gasteiger partial charge in [0.25, 0.3) is 0 Å². The molecule has 4 heteroatoms. The minimum Gasteiger partial charge on any atom is -0.497 e. The Balaban J connectivity index is 2.26. The largest absolute Gasteiger partial charge is 0.497 e. The lowest BCUT2D eigenvalue weighted by molar-refractivity contribution is -0.138. The molecular weight excluding hydrogens is 288 g/mol. The van der Waals surface area contributed by atoms with Gasteiger partial charge in [0, 0.05) is 5.02 Å². The molecular formula is C17H17ClO3. The van der Waals surface area contributed by atoms with E-state index in [0.717, 1.165) is 16.9 Å². The summed E-state index contributed by atoms with van der Waals surface area (Å²) in [6.07, 6.45) is 0.415. The van der Waals surface area contributed by atoms with Gasteiger partial charge in [0.15, 0.2) is 0 Å². The smallest absolute Gasteiger partial charge is 0.311 e. The first-order valence-corrected chi connectivity index (χ1v) is 7.01. The van der Waals surface area contributed by atoms with Gasteiger partial charge in [-0.15, -0.1) is 0 Å². The topological polar surface area (TPSA) is 46.5 Å². The van der Waals surface area contributed by atoms with Crippen molar-refractivity contribution in [3.05, 3.63) is 64.2 Å². The summed E-state index contributed by atoms with van der Waals surface area (Å²) in [7, 11) is 1.60. The Labute approximate surface area is 129 Å². The maximum Gasteiger partial charge on any atom is 0.311 e. The lowest BCUT2D eigenvalue weighted by atomic mass is 9.91. The summed E-state index contributed by atoms with van der Waals surface area (Å²) in [5, 5.41) is 10.1. The van der Waals surface area contributed by atoms with Crippen LogP contribution in [0.4, 0.5) is 0 Å². The lowest BCUT2D eigenvalue weighted by Gasteiger charge is -2.14. The van der Waals surface area contributed by atoms with E-state index < -0.39 is 11.9 Å². The maximum absolute atomic E-state index is 11.6. The van der Waals surface area contributed by atoms with Crippen LogP contribution in [0.25, 0.3) is 0 Å². The first-order chi connectivity index (χ1) is 10.0. The summed E-state index contributed by atoms with van der Waals surface area (Å²) < 4.78 is 5.10. The number of hydrogen-bond donors (Lipinski definition) is 1. The van der Waals surface area contributed by atoms with Crippen molar-refractivity contribution in [1.29, 1.82) is 0 Å². The van der Waals surface area contributed by atoms with Crippen molar-refractivity contribution in [3.8, 4) is 5.75 Å². The Hall–Kier alpha value is -2.00. The monoisotopic (exact) mass is 304 g/mol. The van der Waals surface area contributed by atoms with Crippen molar-refractivity contribution in [3.63, 3.8) is 0 Å². The second-order valence-electron chi connectivity index (χ2n) is 4.95. The molecule has 1 N–H and O–H groups in total. The number of methoxy groups -OCH3 is 1. The van der Waals surface area contributed by atoms with Crippen molar-refractivity contribution < 1.29 is 14.6 Å². The fraction of sp³-hybridized carbons (Fsp3) is 0.235. The van der Waals surface area contributed by atoms with Crippen LogP contribution in [-0.2, 0) is 11.2 Å². The maximum atomic E-state index is 11.6. The molecule has 2 rings (SSSR count). The molecule has 0 saturated carbocycles. The van der Waals surface area contributed by atoms with E-state index in [1.165, 1.54) is 0 Å². The van der Waals surface area contributed by atoms with Crippen LogP contribution in [0, 0.1) is 6.92 Å². The highest BCUT2D eigenvalue weighted by molar-refractivity contribution is 6.31. The second-order valence-corrected chi connectivity index (χ2v) is 5.36. The predicted octanol–water partition coefficient (Wildman–Crippen LogP) is 4.07. The Bertz CT molecular complexity index is 635. The molecule has 0 bridgehead atoms. The molecule has 21 heavy (non-hydrogen) atoms. The van der Waals surface area contributed by atoms with E-state index in [9.17, 15) is 9.90 Å². The van der Waals surface area contributed by atoms with E-state index >= 15 is 0 Å². The van der Waals surface area contributed by atoms with Crippen molar-refractivity contribution in [2.75, 3.05) is 7.11 Å². The average molecular weight is 305 g/mol. The highest BCUT2D eigenvalue weighted by atomic mass is 35.5. The molecule has 2 aromatic carbocycles. The summed E-state index contributed by atoms with van der Waals surface area (Å²) in [6, 6.07) is 12.8. The van der Waals surface area contributed by atoms with Crippen LogP contribution in [-0.4, -0.2) is 18.2 Å². The van der Waals surface area contributed by atoms with Gasteiger partial charge in [0.1, 0.15) is 5.75 Å². The molecule has 0 heterocycles. The molecule has 0 saturated heterocycles. The Morgan fingerprint density at radius 1 is 1.24 bits per heavy atom. The number of aliphatic carboxylic acids is 1. The molecule has 0 aliphatic heterocycles. The van der Waals surface area contributed by atoms with E-state index in [1.807, 2.05) is 43.3 Å². The molecule has 1 atom stereocenters. The SMILES string of the molecule is COc1ccc(CC(C(=O)O)c2ccc(C)c(Cl)c2)cc1. The zero-order valence-corrected chi connectivity index (χ0v) is 12.7. The van der Waals surface area contributed by atoms with Crippen LogP contribution in [0.5, 0.6) is 5.75 Å². The van der Waals surface area contributed by atoms with Crippen LogP contribution in [0.1, 0.15) is 22.6 Å². The standard InChI is InChI=1S/C17H17ClO3/c1-11-3-6-13(10-16(11)18)15(17(19)20)9-12-4-7-14(21-2)8-5-12/h3-8,10,15H,9H2,1-2H3,(H,19,20). The molecule has 110 valence electrons. The van der Waals surface area contributed by atoms with Gasteiger partial charge in [-0.05, 0) is 48.2 Å². The van der Waals surface area contributed by atoms with Crippen molar-refractivity contribution in [2.24, 2.45) is 0 Å². The number of ether oxygens (including phenoxy) is 1. The highest BCUT2D eigenvalue weighted by Crippen LogP contribution is 2.26. The number of carboxylic acids is 1. The van der Waals surface area contributed by atoms with Gasteiger partial charge in [0.05, 0.1) is 13.0 Å². The van der Waals surface area contributed by atoms with Gasteiger partial charge >= 0.3 is 5.97 Å².